The van der Waals surface area contributed by atoms with Crippen molar-refractivity contribution in [2.24, 2.45) is 0 Å². The maximum Gasteiger partial charge on any atom is 0.307 e. The number of benzene rings is 5. The quantitative estimate of drug-likeness (QED) is 0.165. The van der Waals surface area contributed by atoms with Crippen LogP contribution in [0.1, 0.15) is 52.7 Å². The highest BCUT2D eigenvalue weighted by Gasteiger charge is 2.47. The first kappa shape index (κ1) is 32.2. The molecule has 0 radical (unpaired) electrons. The third-order valence-corrected chi connectivity index (χ3v) is 13.8. The fourth-order valence-corrected chi connectivity index (χ4v) is 11.1. The average molecular weight is 738 g/mol. The minimum atomic E-state index is -0.0713. The maximum absolute atomic E-state index is 7.16. The van der Waals surface area contributed by atoms with Gasteiger partial charge in [0.05, 0.1) is 5.69 Å². The average Bonchev–Trinajstić information content (AvgIpc) is 3.85. The van der Waals surface area contributed by atoms with Crippen LogP contribution in [0.4, 0.5) is 17.1 Å². The van der Waals surface area contributed by atoms with Crippen molar-refractivity contribution >= 4 is 106 Å². The van der Waals surface area contributed by atoms with Gasteiger partial charge in [-0.15, -0.1) is 11.3 Å². The minimum Gasteiger partial charge on any atom is -0.468 e. The van der Waals surface area contributed by atoms with E-state index in [9.17, 15) is 0 Å². The van der Waals surface area contributed by atoms with Crippen molar-refractivity contribution in [3.05, 3.63) is 121 Å². The van der Waals surface area contributed by atoms with Crippen LogP contribution in [0.3, 0.4) is 0 Å². The maximum atomic E-state index is 7.16. The Morgan fingerprint density at radius 1 is 0.648 bits per heavy atom. The Balaban J connectivity index is 1.26. The van der Waals surface area contributed by atoms with E-state index in [2.05, 4.69) is 135 Å². The van der Waals surface area contributed by atoms with Gasteiger partial charge < -0.3 is 13.7 Å². The van der Waals surface area contributed by atoms with E-state index in [1.54, 1.807) is 6.33 Å². The first-order valence-corrected chi connectivity index (χ1v) is 20.1. The molecule has 0 spiro atoms. The lowest BCUT2D eigenvalue weighted by molar-refractivity contribution is 0.590. The van der Waals surface area contributed by atoms with Crippen LogP contribution in [0, 0.1) is 0 Å². The topological polar surface area (TPSA) is 55.3 Å². The van der Waals surface area contributed by atoms with E-state index in [0.717, 1.165) is 66.8 Å². The summed E-state index contributed by atoms with van der Waals surface area (Å²) >= 11 is 3.80. The zero-order chi connectivity index (χ0) is 36.7. The van der Waals surface area contributed by atoms with Crippen LogP contribution in [0.5, 0.6) is 0 Å². The normalized spacial score (nSPS) is 14.0. The minimum absolute atomic E-state index is 0.0388. The molecule has 0 fully saturated rings. The fraction of sp³-hybridized carbons (Fsp3) is 0.174. The summed E-state index contributed by atoms with van der Waals surface area (Å²) in [5, 5.41) is 4.63. The molecular formula is C46H36BN3O2S2. The van der Waals surface area contributed by atoms with Crippen LogP contribution < -0.4 is 20.8 Å². The van der Waals surface area contributed by atoms with Crippen molar-refractivity contribution in [1.82, 2.24) is 9.97 Å². The molecule has 262 valence electrons. The summed E-state index contributed by atoms with van der Waals surface area (Å²) in [7, 11) is 0. The highest BCUT2D eigenvalue weighted by Crippen LogP contribution is 2.50. The van der Waals surface area contributed by atoms with Gasteiger partial charge in [-0.2, -0.15) is 0 Å². The smallest absolute Gasteiger partial charge is 0.307 e. The van der Waals surface area contributed by atoms with Gasteiger partial charge in [0.15, 0.2) is 0 Å². The Kier molecular flexibility index (Phi) is 6.62. The van der Waals surface area contributed by atoms with Crippen LogP contribution in [0.2, 0.25) is 0 Å². The highest BCUT2D eigenvalue weighted by molar-refractivity contribution is 8.00. The molecule has 0 unspecified atom stereocenters. The molecule has 0 amide bonds. The molecule has 4 aromatic heterocycles. The summed E-state index contributed by atoms with van der Waals surface area (Å²) in [5.74, 6) is 0. The molecule has 0 saturated carbocycles. The van der Waals surface area contributed by atoms with Gasteiger partial charge in [-0.1, -0.05) is 83.6 Å². The van der Waals surface area contributed by atoms with Gasteiger partial charge in [0.2, 0.25) is 0 Å². The van der Waals surface area contributed by atoms with E-state index < -0.39 is 0 Å². The second-order valence-corrected chi connectivity index (χ2v) is 18.9. The van der Waals surface area contributed by atoms with E-state index in [4.69, 9.17) is 8.83 Å². The van der Waals surface area contributed by atoms with Crippen LogP contribution in [0.25, 0.3) is 54.1 Å². The second kappa shape index (κ2) is 11.1. The lowest BCUT2D eigenvalue weighted by Gasteiger charge is -2.37. The van der Waals surface area contributed by atoms with Gasteiger partial charge in [0.25, 0.3) is 0 Å². The molecular weight excluding hydrogens is 701 g/mol. The summed E-state index contributed by atoms with van der Waals surface area (Å²) in [6.45, 7) is 13.6. The summed E-state index contributed by atoms with van der Waals surface area (Å²) in [5.41, 5.74) is 12.9. The van der Waals surface area contributed by atoms with E-state index in [-0.39, 0.29) is 17.5 Å². The van der Waals surface area contributed by atoms with E-state index in [1.165, 1.54) is 41.2 Å². The molecule has 11 rings (SSSR count). The molecule has 0 bridgehead atoms. The monoisotopic (exact) mass is 737 g/mol. The van der Waals surface area contributed by atoms with Crippen LogP contribution in [-0.4, -0.2) is 16.7 Å². The number of hydrogen-bond acceptors (Lipinski definition) is 7. The van der Waals surface area contributed by atoms with E-state index in [0.29, 0.717) is 0 Å². The first-order chi connectivity index (χ1) is 26.0. The molecule has 2 aliphatic rings. The molecule has 0 aliphatic carbocycles. The number of para-hydroxylation sites is 1. The molecule has 54 heavy (non-hydrogen) atoms. The van der Waals surface area contributed by atoms with Gasteiger partial charge in [-0.25, -0.2) is 9.97 Å². The SMILES string of the molecule is CC(C)(C)c1ccc2oc3c(c2c1)N(c1ccc2oc4ccccc4c2c1)c1cc(-c2cncnc2)cc2c1B3c1sc3ccc(C(C)(C)C)cc3c1S2. The van der Waals surface area contributed by atoms with Gasteiger partial charge in [-0.05, 0) is 93.6 Å². The second-order valence-electron chi connectivity index (χ2n) is 16.7. The van der Waals surface area contributed by atoms with Crippen molar-refractivity contribution in [1.29, 1.82) is 0 Å². The number of rotatable bonds is 2. The van der Waals surface area contributed by atoms with Crippen molar-refractivity contribution in [3.8, 4) is 11.1 Å². The number of furan rings is 2. The van der Waals surface area contributed by atoms with Crippen LogP contribution >= 0.6 is 23.1 Å². The number of nitrogens with zero attached hydrogens (tertiary/aromatic N) is 3. The molecule has 8 heteroatoms. The van der Waals surface area contributed by atoms with Crippen molar-refractivity contribution in [2.75, 3.05) is 4.90 Å². The molecule has 9 aromatic rings. The Bertz CT molecular complexity index is 3020. The molecule has 0 atom stereocenters. The zero-order valence-corrected chi connectivity index (χ0v) is 32.6. The lowest BCUT2D eigenvalue weighted by atomic mass is 9.40. The third kappa shape index (κ3) is 4.66. The largest absolute Gasteiger partial charge is 0.468 e. The lowest BCUT2D eigenvalue weighted by Crippen LogP contribution is -2.58. The Morgan fingerprint density at radius 2 is 1.35 bits per heavy atom. The molecule has 2 aliphatic heterocycles. The Morgan fingerprint density at radius 3 is 2.15 bits per heavy atom. The van der Waals surface area contributed by atoms with Crippen molar-refractivity contribution < 1.29 is 8.83 Å². The number of hydrogen-bond donors (Lipinski definition) is 0. The summed E-state index contributed by atoms with van der Waals surface area (Å²) in [6, 6.07) is 33.4. The first-order valence-electron chi connectivity index (χ1n) is 18.5. The summed E-state index contributed by atoms with van der Waals surface area (Å²) in [6.07, 6.45) is 5.43. The molecule has 5 aromatic carbocycles. The summed E-state index contributed by atoms with van der Waals surface area (Å²) < 4.78 is 16.1. The van der Waals surface area contributed by atoms with Gasteiger partial charge in [-0.3, -0.25) is 0 Å². The standard InChI is InChI=1S/C46H36BN3O2S2/c1-45(2,3)27-11-14-37-32(19-27)41-43(52-37)47-40-34(50(41)29-13-15-36-31(21-29)30-9-7-8-10-35(30)51-36)17-25(26-22-48-24-49-23-26)18-39(40)53-42-33-20-28(46(4,5)6)12-16-38(33)54-44(42)47/h7-24H,1-6H3. The molecule has 6 heterocycles. The van der Waals surface area contributed by atoms with Gasteiger partial charge >= 0.3 is 6.71 Å². The third-order valence-electron chi connectivity index (χ3n) is 11.2. The predicted molar refractivity (Wildman–Crippen MR) is 227 cm³/mol. The van der Waals surface area contributed by atoms with E-state index in [1.807, 2.05) is 47.6 Å². The zero-order valence-electron chi connectivity index (χ0n) is 30.9. The molecule has 5 nitrogen and oxygen atoms in total. The Hall–Kier alpha value is -5.31. The number of anilines is 3. The van der Waals surface area contributed by atoms with Crippen molar-refractivity contribution in [3.63, 3.8) is 0 Å². The van der Waals surface area contributed by atoms with Gasteiger partial charge in [0.1, 0.15) is 28.7 Å². The number of aromatic nitrogens is 2. The molecule has 0 N–H and O–H groups in total. The van der Waals surface area contributed by atoms with E-state index >= 15 is 0 Å². The Labute approximate surface area is 322 Å². The number of fused-ring (bicyclic) bond motifs is 11. The predicted octanol–water partition coefficient (Wildman–Crippen LogP) is 11.4. The summed E-state index contributed by atoms with van der Waals surface area (Å²) in [4.78, 5) is 13.9. The molecule has 0 saturated heterocycles. The number of thiophene rings is 1. The fourth-order valence-electron chi connectivity index (χ4n) is 8.37. The highest BCUT2D eigenvalue weighted by atomic mass is 32.2. The van der Waals surface area contributed by atoms with Crippen LogP contribution in [-0.2, 0) is 10.8 Å². The van der Waals surface area contributed by atoms with Crippen LogP contribution in [0.15, 0.2) is 128 Å². The van der Waals surface area contributed by atoms with Crippen molar-refractivity contribution in [2.45, 2.75) is 62.2 Å². The van der Waals surface area contributed by atoms with Gasteiger partial charge in [0, 0.05) is 70.1 Å².